The third-order valence-corrected chi connectivity index (χ3v) is 8.12. The third-order valence-electron chi connectivity index (χ3n) is 6.22. The van der Waals surface area contributed by atoms with Gasteiger partial charge in [-0.05, 0) is 48.6 Å². The SMILES string of the molecule is COc1ccc(S(=O)(=O)N2CCCCCC2)cc1NC(=O)CN1CCc2ccccc2C1. The maximum Gasteiger partial charge on any atom is 0.243 e. The molecule has 1 amide bonds. The van der Waals surface area contributed by atoms with Crippen molar-refractivity contribution < 1.29 is 17.9 Å². The summed E-state index contributed by atoms with van der Waals surface area (Å²) in [5, 5.41) is 2.87. The number of fused-ring (bicyclic) bond motifs is 1. The summed E-state index contributed by atoms with van der Waals surface area (Å²) in [6.07, 6.45) is 4.76. The first-order chi connectivity index (χ1) is 15.5. The molecule has 2 heterocycles. The van der Waals surface area contributed by atoms with Crippen LogP contribution in [0.25, 0.3) is 0 Å². The second-order valence-corrected chi connectivity index (χ2v) is 10.4. The molecule has 172 valence electrons. The lowest BCUT2D eigenvalue weighted by atomic mass is 10.00. The van der Waals surface area contributed by atoms with E-state index in [2.05, 4.69) is 22.3 Å². The molecule has 8 heteroatoms. The van der Waals surface area contributed by atoms with E-state index in [9.17, 15) is 13.2 Å². The normalized spacial score (nSPS) is 17.9. The molecule has 0 atom stereocenters. The van der Waals surface area contributed by atoms with Crippen molar-refractivity contribution in [3.05, 3.63) is 53.6 Å². The van der Waals surface area contributed by atoms with Crippen LogP contribution in [-0.4, -0.2) is 56.8 Å². The van der Waals surface area contributed by atoms with Gasteiger partial charge in [-0.1, -0.05) is 37.1 Å². The van der Waals surface area contributed by atoms with E-state index in [1.807, 2.05) is 12.1 Å². The Hall–Kier alpha value is -2.42. The van der Waals surface area contributed by atoms with Crippen molar-refractivity contribution in [1.29, 1.82) is 0 Å². The lowest BCUT2D eigenvalue weighted by Crippen LogP contribution is -2.37. The molecule has 1 N–H and O–H groups in total. The molecule has 1 saturated heterocycles. The molecule has 2 aliphatic rings. The van der Waals surface area contributed by atoms with Crippen molar-refractivity contribution in [3.8, 4) is 5.75 Å². The summed E-state index contributed by atoms with van der Waals surface area (Å²) < 4.78 is 33.3. The molecule has 0 saturated carbocycles. The highest BCUT2D eigenvalue weighted by atomic mass is 32.2. The van der Waals surface area contributed by atoms with Gasteiger partial charge >= 0.3 is 0 Å². The highest BCUT2D eigenvalue weighted by molar-refractivity contribution is 7.89. The monoisotopic (exact) mass is 457 g/mol. The highest BCUT2D eigenvalue weighted by Crippen LogP contribution is 2.30. The number of nitrogens with zero attached hydrogens (tertiary/aromatic N) is 2. The lowest BCUT2D eigenvalue weighted by molar-refractivity contribution is -0.117. The molecule has 2 aromatic rings. The van der Waals surface area contributed by atoms with Crippen LogP contribution in [0.2, 0.25) is 0 Å². The van der Waals surface area contributed by atoms with E-state index in [-0.39, 0.29) is 17.3 Å². The smallest absolute Gasteiger partial charge is 0.243 e. The predicted molar refractivity (Wildman–Crippen MR) is 124 cm³/mol. The quantitative estimate of drug-likeness (QED) is 0.720. The summed E-state index contributed by atoms with van der Waals surface area (Å²) in [5.41, 5.74) is 2.96. The van der Waals surface area contributed by atoms with Gasteiger partial charge in [0.2, 0.25) is 15.9 Å². The number of hydrogen-bond donors (Lipinski definition) is 1. The second-order valence-electron chi connectivity index (χ2n) is 8.46. The van der Waals surface area contributed by atoms with Crippen LogP contribution in [0.3, 0.4) is 0 Å². The first-order valence-corrected chi connectivity index (χ1v) is 12.7. The Kier molecular flexibility index (Phi) is 7.13. The Morgan fingerprint density at radius 1 is 1.00 bits per heavy atom. The van der Waals surface area contributed by atoms with Gasteiger partial charge in [0.05, 0.1) is 24.2 Å². The lowest BCUT2D eigenvalue weighted by Gasteiger charge is -2.28. The summed E-state index contributed by atoms with van der Waals surface area (Å²) in [6, 6.07) is 13.0. The van der Waals surface area contributed by atoms with Gasteiger partial charge in [-0.15, -0.1) is 0 Å². The second kappa shape index (κ2) is 10.0. The number of hydrogen-bond acceptors (Lipinski definition) is 5. The summed E-state index contributed by atoms with van der Waals surface area (Å²) >= 11 is 0. The van der Waals surface area contributed by atoms with Crippen LogP contribution in [-0.2, 0) is 27.8 Å². The minimum Gasteiger partial charge on any atom is -0.495 e. The topological polar surface area (TPSA) is 79.0 Å². The van der Waals surface area contributed by atoms with Gasteiger partial charge in [-0.2, -0.15) is 4.31 Å². The number of carbonyl (C=O) groups excluding carboxylic acids is 1. The molecule has 0 aromatic heterocycles. The fourth-order valence-electron chi connectivity index (χ4n) is 4.46. The van der Waals surface area contributed by atoms with Crippen molar-refractivity contribution in [3.63, 3.8) is 0 Å². The maximum atomic E-state index is 13.2. The molecule has 1 fully saturated rings. The average molecular weight is 458 g/mol. The number of anilines is 1. The molecule has 0 spiro atoms. The summed E-state index contributed by atoms with van der Waals surface area (Å²) in [7, 11) is -2.10. The molecule has 32 heavy (non-hydrogen) atoms. The Balaban J connectivity index is 1.47. The molecule has 7 nitrogen and oxygen atoms in total. The van der Waals surface area contributed by atoms with Gasteiger partial charge in [0, 0.05) is 26.2 Å². The number of amides is 1. The fraction of sp³-hybridized carbons (Fsp3) is 0.458. The van der Waals surface area contributed by atoms with E-state index in [0.29, 0.717) is 24.5 Å². The molecular weight excluding hydrogens is 426 g/mol. The van der Waals surface area contributed by atoms with Crippen LogP contribution in [0.1, 0.15) is 36.8 Å². The molecular formula is C24H31N3O4S. The summed E-state index contributed by atoms with van der Waals surface area (Å²) in [5.74, 6) is 0.254. The van der Waals surface area contributed by atoms with Crippen LogP contribution in [0, 0.1) is 0 Å². The van der Waals surface area contributed by atoms with E-state index < -0.39 is 10.0 Å². The van der Waals surface area contributed by atoms with Gasteiger partial charge in [0.15, 0.2) is 0 Å². The maximum absolute atomic E-state index is 13.2. The van der Waals surface area contributed by atoms with Crippen LogP contribution in [0.15, 0.2) is 47.4 Å². The number of nitrogens with one attached hydrogen (secondary N) is 1. The number of sulfonamides is 1. The number of benzene rings is 2. The van der Waals surface area contributed by atoms with Crippen LogP contribution in [0.5, 0.6) is 5.75 Å². The Bertz CT molecular complexity index is 1060. The van der Waals surface area contributed by atoms with Crippen LogP contribution >= 0.6 is 0 Å². The van der Waals surface area contributed by atoms with Crippen molar-refractivity contribution in [2.75, 3.05) is 38.6 Å². The van der Waals surface area contributed by atoms with Gasteiger partial charge in [0.25, 0.3) is 0 Å². The number of methoxy groups -OCH3 is 1. The van der Waals surface area contributed by atoms with Gasteiger partial charge in [-0.25, -0.2) is 8.42 Å². The number of carbonyl (C=O) groups is 1. The van der Waals surface area contributed by atoms with E-state index in [0.717, 1.165) is 45.2 Å². The van der Waals surface area contributed by atoms with Crippen LogP contribution < -0.4 is 10.1 Å². The van der Waals surface area contributed by atoms with Crippen LogP contribution in [0.4, 0.5) is 5.69 Å². The summed E-state index contributed by atoms with van der Waals surface area (Å²) in [6.45, 7) is 2.84. The number of rotatable bonds is 6. The summed E-state index contributed by atoms with van der Waals surface area (Å²) in [4.78, 5) is 15.1. The van der Waals surface area contributed by atoms with Crippen molar-refractivity contribution in [2.45, 2.75) is 43.5 Å². The highest BCUT2D eigenvalue weighted by Gasteiger charge is 2.26. The van der Waals surface area contributed by atoms with E-state index >= 15 is 0 Å². The molecule has 2 aromatic carbocycles. The molecule has 0 bridgehead atoms. The first-order valence-electron chi connectivity index (χ1n) is 11.2. The zero-order valence-corrected chi connectivity index (χ0v) is 19.4. The molecule has 0 aliphatic carbocycles. The van der Waals surface area contributed by atoms with E-state index in [1.165, 1.54) is 24.3 Å². The fourth-order valence-corrected chi connectivity index (χ4v) is 6.00. The third kappa shape index (κ3) is 5.14. The molecule has 4 rings (SSSR count). The standard InChI is InChI=1S/C24H31N3O4S/c1-31-23-11-10-21(32(29,30)27-13-6-2-3-7-14-27)16-22(23)25-24(28)18-26-15-12-19-8-4-5-9-20(19)17-26/h4-5,8-11,16H,2-3,6-7,12-15,17-18H2,1H3,(H,25,28). The molecule has 0 unspecified atom stereocenters. The zero-order valence-electron chi connectivity index (χ0n) is 18.5. The van der Waals surface area contributed by atoms with Gasteiger partial charge < -0.3 is 10.1 Å². The van der Waals surface area contributed by atoms with Crippen molar-refractivity contribution >= 4 is 21.6 Å². The van der Waals surface area contributed by atoms with Crippen molar-refractivity contribution in [1.82, 2.24) is 9.21 Å². The molecule has 0 radical (unpaired) electrons. The van der Waals surface area contributed by atoms with E-state index in [1.54, 1.807) is 16.4 Å². The Labute approximate surface area is 190 Å². The van der Waals surface area contributed by atoms with Gasteiger partial charge in [-0.3, -0.25) is 9.69 Å². The van der Waals surface area contributed by atoms with E-state index in [4.69, 9.17) is 4.74 Å². The number of ether oxygens (including phenoxy) is 1. The molecule has 2 aliphatic heterocycles. The average Bonchev–Trinajstić information content (AvgIpc) is 3.09. The minimum atomic E-state index is -3.61. The first kappa shape index (κ1) is 22.8. The predicted octanol–water partition coefficient (Wildman–Crippen LogP) is 3.26. The minimum absolute atomic E-state index is 0.183. The zero-order chi connectivity index (χ0) is 22.6. The van der Waals surface area contributed by atoms with Crippen molar-refractivity contribution in [2.24, 2.45) is 0 Å². The van der Waals surface area contributed by atoms with Gasteiger partial charge in [0.1, 0.15) is 5.75 Å². The Morgan fingerprint density at radius 3 is 2.44 bits per heavy atom. The largest absolute Gasteiger partial charge is 0.495 e. The Morgan fingerprint density at radius 2 is 1.72 bits per heavy atom.